The number of ether oxygens (including phenoxy) is 2. The van der Waals surface area contributed by atoms with Gasteiger partial charge in [-0.15, -0.1) is 0 Å². The van der Waals surface area contributed by atoms with Crippen LogP contribution in [0, 0.1) is 0 Å². The minimum Gasteiger partial charge on any atom is -0.497 e. The molecule has 0 fully saturated rings. The summed E-state index contributed by atoms with van der Waals surface area (Å²) in [6.07, 6.45) is 1.81. The van der Waals surface area contributed by atoms with Gasteiger partial charge in [-0.05, 0) is 6.92 Å². The van der Waals surface area contributed by atoms with Gasteiger partial charge in [0, 0.05) is 30.9 Å². The van der Waals surface area contributed by atoms with Crippen LogP contribution in [0.3, 0.4) is 0 Å². The highest BCUT2D eigenvalue weighted by Gasteiger charge is 2.16. The summed E-state index contributed by atoms with van der Waals surface area (Å²) >= 11 is 0. The molecule has 1 heterocycles. The molecule has 0 saturated heterocycles. The number of aromatic nitrogens is 1. The maximum Gasteiger partial charge on any atom is 0.162 e. The molecule has 17 heavy (non-hydrogen) atoms. The highest BCUT2D eigenvalue weighted by atomic mass is 16.5. The minimum absolute atomic E-state index is 0.0269. The van der Waals surface area contributed by atoms with Gasteiger partial charge in [-0.1, -0.05) is 0 Å². The van der Waals surface area contributed by atoms with Gasteiger partial charge in [0.15, 0.2) is 5.78 Å². The molecule has 4 heteroatoms. The first-order valence-electron chi connectivity index (χ1n) is 5.30. The summed E-state index contributed by atoms with van der Waals surface area (Å²) in [4.78, 5) is 11.6. The summed E-state index contributed by atoms with van der Waals surface area (Å²) in [5.41, 5.74) is 1.59. The summed E-state index contributed by atoms with van der Waals surface area (Å²) in [6, 6.07) is 3.68. The monoisotopic (exact) mass is 233 g/mol. The van der Waals surface area contributed by atoms with Gasteiger partial charge in [-0.2, -0.15) is 0 Å². The summed E-state index contributed by atoms with van der Waals surface area (Å²) in [7, 11) is 5.09. The lowest BCUT2D eigenvalue weighted by Crippen LogP contribution is -1.93. The smallest absolute Gasteiger partial charge is 0.162 e. The van der Waals surface area contributed by atoms with E-state index in [9.17, 15) is 4.79 Å². The van der Waals surface area contributed by atoms with Crippen molar-refractivity contribution >= 4 is 16.7 Å². The van der Waals surface area contributed by atoms with Crippen LogP contribution in [0.15, 0.2) is 18.3 Å². The predicted octanol–water partition coefficient (Wildman–Crippen LogP) is 2.40. The Morgan fingerprint density at radius 1 is 1.24 bits per heavy atom. The molecule has 0 aliphatic heterocycles. The summed E-state index contributed by atoms with van der Waals surface area (Å²) < 4.78 is 12.4. The molecule has 0 radical (unpaired) electrons. The van der Waals surface area contributed by atoms with Crippen molar-refractivity contribution in [2.24, 2.45) is 7.05 Å². The Morgan fingerprint density at radius 2 is 1.94 bits per heavy atom. The molecule has 0 unspecified atom stereocenters. The van der Waals surface area contributed by atoms with E-state index in [1.165, 1.54) is 0 Å². The fourth-order valence-corrected chi connectivity index (χ4v) is 2.00. The first-order chi connectivity index (χ1) is 8.08. The lowest BCUT2D eigenvalue weighted by Gasteiger charge is -2.07. The number of rotatable bonds is 3. The fourth-order valence-electron chi connectivity index (χ4n) is 2.00. The highest BCUT2D eigenvalue weighted by Crippen LogP contribution is 2.34. The van der Waals surface area contributed by atoms with Crippen molar-refractivity contribution in [3.8, 4) is 11.5 Å². The summed E-state index contributed by atoms with van der Waals surface area (Å²) in [5.74, 6) is 1.40. The molecule has 1 aromatic carbocycles. The first kappa shape index (κ1) is 11.5. The summed E-state index contributed by atoms with van der Waals surface area (Å²) in [6.45, 7) is 1.55. The normalized spacial score (nSPS) is 10.6. The van der Waals surface area contributed by atoms with Crippen molar-refractivity contribution in [1.29, 1.82) is 0 Å². The zero-order valence-corrected chi connectivity index (χ0v) is 10.4. The van der Waals surface area contributed by atoms with E-state index >= 15 is 0 Å². The van der Waals surface area contributed by atoms with Gasteiger partial charge in [0.25, 0.3) is 0 Å². The zero-order valence-electron chi connectivity index (χ0n) is 10.4. The van der Waals surface area contributed by atoms with Crippen LogP contribution in [0.1, 0.15) is 17.3 Å². The van der Waals surface area contributed by atoms with Crippen LogP contribution in [-0.4, -0.2) is 24.6 Å². The molecule has 1 aromatic heterocycles. The standard InChI is InChI=1S/C13H15NO3/c1-8(15)10-7-14(2)11-5-9(16-3)6-12(17-4)13(10)11/h5-7H,1-4H3. The quantitative estimate of drug-likeness (QED) is 0.764. The maximum atomic E-state index is 11.6. The molecule has 0 aliphatic carbocycles. The molecule has 4 nitrogen and oxygen atoms in total. The number of nitrogens with zero attached hydrogens (tertiary/aromatic N) is 1. The highest BCUT2D eigenvalue weighted by molar-refractivity contribution is 6.09. The van der Waals surface area contributed by atoms with Gasteiger partial charge in [0.05, 0.1) is 25.1 Å². The maximum absolute atomic E-state index is 11.6. The molecule has 0 bridgehead atoms. The molecule has 0 spiro atoms. The van der Waals surface area contributed by atoms with Crippen molar-refractivity contribution in [3.05, 3.63) is 23.9 Å². The van der Waals surface area contributed by atoms with E-state index in [2.05, 4.69) is 0 Å². The lowest BCUT2D eigenvalue weighted by atomic mass is 10.1. The summed E-state index contributed by atoms with van der Waals surface area (Å²) in [5, 5.41) is 0.836. The van der Waals surface area contributed by atoms with Crippen molar-refractivity contribution in [2.45, 2.75) is 6.92 Å². The third-order valence-corrected chi connectivity index (χ3v) is 2.86. The molecular weight excluding hydrogens is 218 g/mol. The number of fused-ring (bicyclic) bond motifs is 1. The number of hydrogen-bond acceptors (Lipinski definition) is 3. The van der Waals surface area contributed by atoms with Crippen molar-refractivity contribution in [3.63, 3.8) is 0 Å². The molecule has 0 aliphatic rings. The van der Waals surface area contributed by atoms with E-state index < -0.39 is 0 Å². The number of benzene rings is 1. The van der Waals surface area contributed by atoms with Crippen LogP contribution in [0.4, 0.5) is 0 Å². The molecule has 0 amide bonds. The zero-order chi connectivity index (χ0) is 12.6. The molecule has 0 N–H and O–H groups in total. The van der Waals surface area contributed by atoms with Crippen LogP contribution in [0.2, 0.25) is 0 Å². The largest absolute Gasteiger partial charge is 0.497 e. The second-order valence-corrected chi connectivity index (χ2v) is 3.93. The molecule has 0 atom stereocenters. The van der Waals surface area contributed by atoms with E-state index in [1.54, 1.807) is 27.2 Å². The Labute approximate surface area is 99.7 Å². The Hall–Kier alpha value is -1.97. The predicted molar refractivity (Wildman–Crippen MR) is 66.0 cm³/mol. The first-order valence-corrected chi connectivity index (χ1v) is 5.30. The average Bonchev–Trinajstić information content (AvgIpc) is 2.66. The Morgan fingerprint density at radius 3 is 2.47 bits per heavy atom. The number of ketones is 1. The van der Waals surface area contributed by atoms with Gasteiger partial charge in [-0.3, -0.25) is 4.79 Å². The minimum atomic E-state index is 0.0269. The Bertz CT molecular complexity index is 584. The number of methoxy groups -OCH3 is 2. The molecule has 90 valence electrons. The Balaban J connectivity index is 2.86. The van der Waals surface area contributed by atoms with Gasteiger partial charge >= 0.3 is 0 Å². The SMILES string of the molecule is COc1cc(OC)c2c(C(C)=O)cn(C)c2c1. The van der Waals surface area contributed by atoms with Crippen molar-refractivity contribution in [2.75, 3.05) is 14.2 Å². The van der Waals surface area contributed by atoms with E-state index in [-0.39, 0.29) is 5.78 Å². The van der Waals surface area contributed by atoms with Gasteiger partial charge in [0.1, 0.15) is 11.5 Å². The molecule has 2 rings (SSSR count). The van der Waals surface area contributed by atoms with Crippen LogP contribution < -0.4 is 9.47 Å². The third kappa shape index (κ3) is 1.75. The van der Waals surface area contributed by atoms with E-state index in [4.69, 9.17) is 9.47 Å². The second-order valence-electron chi connectivity index (χ2n) is 3.93. The number of hydrogen-bond donors (Lipinski definition) is 0. The fraction of sp³-hybridized carbons (Fsp3) is 0.308. The molecule has 0 saturated carbocycles. The molecular formula is C13H15NO3. The van der Waals surface area contributed by atoms with E-state index in [0.29, 0.717) is 17.1 Å². The second kappa shape index (κ2) is 4.13. The topological polar surface area (TPSA) is 40.5 Å². The van der Waals surface area contributed by atoms with E-state index in [1.807, 2.05) is 23.9 Å². The number of carbonyl (C=O) groups is 1. The van der Waals surface area contributed by atoms with Crippen LogP contribution >= 0.6 is 0 Å². The number of carbonyl (C=O) groups excluding carboxylic acids is 1. The third-order valence-electron chi connectivity index (χ3n) is 2.86. The van der Waals surface area contributed by atoms with Crippen LogP contribution in [0.5, 0.6) is 11.5 Å². The number of aryl methyl sites for hydroxylation is 1. The van der Waals surface area contributed by atoms with Crippen molar-refractivity contribution < 1.29 is 14.3 Å². The van der Waals surface area contributed by atoms with Gasteiger partial charge < -0.3 is 14.0 Å². The lowest BCUT2D eigenvalue weighted by molar-refractivity contribution is 0.101. The van der Waals surface area contributed by atoms with E-state index in [0.717, 1.165) is 10.9 Å². The number of Topliss-reactive ketones (excluding diaryl/α,β-unsaturated/α-hetero) is 1. The van der Waals surface area contributed by atoms with Crippen LogP contribution in [-0.2, 0) is 7.05 Å². The molecule has 2 aromatic rings. The van der Waals surface area contributed by atoms with Crippen LogP contribution in [0.25, 0.3) is 10.9 Å². The van der Waals surface area contributed by atoms with Crippen molar-refractivity contribution in [1.82, 2.24) is 4.57 Å². The van der Waals surface area contributed by atoms with Gasteiger partial charge in [-0.25, -0.2) is 0 Å². The average molecular weight is 233 g/mol. The Kier molecular flexibility index (Phi) is 2.79. The van der Waals surface area contributed by atoms with Gasteiger partial charge in [0.2, 0.25) is 0 Å².